The van der Waals surface area contributed by atoms with Crippen molar-refractivity contribution in [3.63, 3.8) is 0 Å². The van der Waals surface area contributed by atoms with Gasteiger partial charge in [-0.25, -0.2) is 0 Å². The Morgan fingerprint density at radius 3 is 2.37 bits per heavy atom. The summed E-state index contributed by atoms with van der Waals surface area (Å²) in [7, 11) is 0. The van der Waals surface area contributed by atoms with Crippen LogP contribution in [-0.2, 0) is 0 Å². The van der Waals surface area contributed by atoms with Gasteiger partial charge in [0.2, 0.25) is 0 Å². The molecule has 0 aliphatic rings. The summed E-state index contributed by atoms with van der Waals surface area (Å²) < 4.78 is 43.8. The Bertz CT molecular complexity index is 383. The summed E-state index contributed by atoms with van der Waals surface area (Å²) in [6.45, 7) is -0.923. The normalized spacial score (nSPS) is 11.0. The molecule has 19 heavy (non-hydrogen) atoms. The van der Waals surface area contributed by atoms with E-state index in [9.17, 15) is 12.9 Å². The van der Waals surface area contributed by atoms with Crippen molar-refractivity contribution in [2.24, 2.45) is 0 Å². The first-order valence-electron chi connectivity index (χ1n) is 6.38. The van der Waals surface area contributed by atoms with Crippen LogP contribution >= 0.6 is 0 Å². The zero-order valence-corrected chi connectivity index (χ0v) is 15.0. The fraction of sp³-hybridized carbons (Fsp3) is 0.538. The van der Waals surface area contributed by atoms with Crippen LogP contribution in [0.3, 0.4) is 0 Å². The van der Waals surface area contributed by atoms with E-state index in [-0.39, 0.29) is 57.1 Å². The van der Waals surface area contributed by atoms with Crippen molar-refractivity contribution < 1.29 is 69.1 Å². The fourth-order valence-corrected chi connectivity index (χ4v) is 1.77. The third kappa shape index (κ3) is 7.18. The Morgan fingerprint density at radius 1 is 1.11 bits per heavy atom. The van der Waals surface area contributed by atoms with Gasteiger partial charge in [-0.3, -0.25) is 0 Å². The second kappa shape index (κ2) is 9.45. The fourth-order valence-electron chi connectivity index (χ4n) is 1.77. The Balaban J connectivity index is 0.00000324. The molecule has 0 aliphatic heterocycles. The van der Waals surface area contributed by atoms with E-state index in [0.29, 0.717) is 12.2 Å². The number of rotatable bonds is 7. The van der Waals surface area contributed by atoms with Crippen LogP contribution in [0.2, 0.25) is 0 Å². The van der Waals surface area contributed by atoms with E-state index in [1.54, 1.807) is 13.0 Å². The molecule has 0 bridgehead atoms. The van der Waals surface area contributed by atoms with E-state index >= 15 is 0 Å². The zero-order valence-electron chi connectivity index (χ0n) is 11.9. The summed E-state index contributed by atoms with van der Waals surface area (Å²) in [6.07, 6.45) is 3.98. The van der Waals surface area contributed by atoms with Gasteiger partial charge in [0.25, 0.3) is 0 Å². The quantitative estimate of drug-likeness (QED) is 0.539. The number of hydrogen-bond donors (Lipinski definition) is 0. The topological polar surface area (TPSA) is 9.23 Å². The molecular formula is C13H19BF3KO. The largest absolute Gasteiger partial charge is 1.00 e. The van der Waals surface area contributed by atoms with Crippen molar-refractivity contribution in [2.75, 3.05) is 6.61 Å². The van der Waals surface area contributed by atoms with Gasteiger partial charge in [0, 0.05) is 0 Å². The van der Waals surface area contributed by atoms with Crippen LogP contribution in [0.1, 0.15) is 38.2 Å². The van der Waals surface area contributed by atoms with E-state index in [1.165, 1.54) is 6.07 Å². The molecule has 0 saturated heterocycles. The predicted octanol–water partition coefficient (Wildman–Crippen LogP) is 1.01. The predicted molar refractivity (Wildman–Crippen MR) is 69.5 cm³/mol. The van der Waals surface area contributed by atoms with Gasteiger partial charge < -0.3 is 17.7 Å². The summed E-state index contributed by atoms with van der Waals surface area (Å²) in [5.74, 6) is -0.0374. The second-order valence-electron chi connectivity index (χ2n) is 4.53. The maximum Gasteiger partial charge on any atom is 1.00 e. The van der Waals surface area contributed by atoms with E-state index < -0.39 is 12.4 Å². The molecule has 0 aromatic heterocycles. The van der Waals surface area contributed by atoms with Crippen molar-refractivity contribution in [3.8, 4) is 5.75 Å². The Kier molecular flexibility index (Phi) is 9.70. The molecule has 1 aromatic carbocycles. The molecule has 0 unspecified atom stereocenters. The molecule has 1 aromatic rings. The summed E-state index contributed by atoms with van der Waals surface area (Å²) in [5, 5.41) is 0. The second-order valence-corrected chi connectivity index (χ2v) is 4.53. The summed E-state index contributed by atoms with van der Waals surface area (Å²) in [4.78, 5) is 0. The first-order chi connectivity index (χ1) is 8.45. The van der Waals surface area contributed by atoms with E-state index in [2.05, 4.69) is 6.92 Å². The number of unbranched alkanes of at least 4 members (excludes halogenated alkanes) is 3. The van der Waals surface area contributed by atoms with Crippen LogP contribution < -0.4 is 61.6 Å². The standard InChI is InChI=1S/C13H19BF3O.K/c1-3-4-5-6-9-18-13-8-7-11(2)10-12(13)14(15,16)17;/h7-8,10H,3-6,9H2,1-2H3;/q-1;+1. The van der Waals surface area contributed by atoms with Gasteiger partial charge in [-0.1, -0.05) is 49.3 Å². The van der Waals surface area contributed by atoms with Gasteiger partial charge >= 0.3 is 58.4 Å². The van der Waals surface area contributed by atoms with Gasteiger partial charge in [0.05, 0.1) is 12.4 Å². The summed E-state index contributed by atoms with van der Waals surface area (Å²) >= 11 is 0. The summed E-state index contributed by atoms with van der Waals surface area (Å²) in [5.41, 5.74) is -0.0203. The molecule has 6 heteroatoms. The maximum atomic E-state index is 12.8. The first-order valence-corrected chi connectivity index (χ1v) is 6.38. The van der Waals surface area contributed by atoms with Crippen LogP contribution in [-0.4, -0.2) is 13.6 Å². The molecule has 0 N–H and O–H groups in total. The van der Waals surface area contributed by atoms with Crippen molar-refractivity contribution in [1.82, 2.24) is 0 Å². The van der Waals surface area contributed by atoms with Gasteiger partial charge in [0.15, 0.2) is 0 Å². The van der Waals surface area contributed by atoms with Crippen LogP contribution in [0, 0.1) is 6.92 Å². The van der Waals surface area contributed by atoms with Gasteiger partial charge in [0.1, 0.15) is 0 Å². The molecule has 0 fully saturated rings. The van der Waals surface area contributed by atoms with Crippen molar-refractivity contribution in [1.29, 1.82) is 0 Å². The monoisotopic (exact) mass is 298 g/mol. The molecule has 1 rings (SSSR count). The maximum absolute atomic E-state index is 12.8. The van der Waals surface area contributed by atoms with Crippen molar-refractivity contribution in [2.45, 2.75) is 39.5 Å². The molecule has 0 heterocycles. The Labute approximate surface area is 155 Å². The van der Waals surface area contributed by atoms with Crippen LogP contribution in [0.5, 0.6) is 5.75 Å². The molecule has 1 nitrogen and oxygen atoms in total. The molecular weight excluding hydrogens is 279 g/mol. The third-order valence-corrected chi connectivity index (χ3v) is 2.77. The average molecular weight is 298 g/mol. The minimum atomic E-state index is -5.01. The molecule has 0 amide bonds. The number of halogens is 3. The van der Waals surface area contributed by atoms with Crippen molar-refractivity contribution in [3.05, 3.63) is 23.8 Å². The number of ether oxygens (including phenoxy) is 1. The molecule has 102 valence electrons. The minimum absolute atomic E-state index is 0. The zero-order chi connectivity index (χ0) is 13.6. The number of aryl methyl sites for hydroxylation is 1. The first kappa shape index (κ1) is 19.5. The van der Waals surface area contributed by atoms with Gasteiger partial charge in [-0.15, -0.1) is 0 Å². The summed E-state index contributed by atoms with van der Waals surface area (Å²) in [6, 6.07) is 4.22. The minimum Gasteiger partial charge on any atom is -0.497 e. The SMILES string of the molecule is CCCCCCOc1ccc(C)cc1[B-](F)(F)F.[K+]. The van der Waals surface area contributed by atoms with Crippen LogP contribution in [0.4, 0.5) is 12.9 Å². The van der Waals surface area contributed by atoms with Crippen LogP contribution in [0.15, 0.2) is 18.2 Å². The average Bonchev–Trinajstić information content (AvgIpc) is 2.29. The van der Waals surface area contributed by atoms with E-state index in [0.717, 1.165) is 31.7 Å². The Morgan fingerprint density at radius 2 is 1.79 bits per heavy atom. The number of benzene rings is 1. The molecule has 0 radical (unpaired) electrons. The van der Waals surface area contributed by atoms with Crippen LogP contribution in [0.25, 0.3) is 0 Å². The van der Waals surface area contributed by atoms with E-state index in [4.69, 9.17) is 4.74 Å². The molecule has 0 aliphatic carbocycles. The Hall–Kier alpha value is 0.511. The molecule has 0 spiro atoms. The molecule has 0 atom stereocenters. The smallest absolute Gasteiger partial charge is 0.497 e. The van der Waals surface area contributed by atoms with E-state index in [1.807, 2.05) is 0 Å². The number of hydrogen-bond acceptors (Lipinski definition) is 1. The van der Waals surface area contributed by atoms with Gasteiger partial charge in [-0.2, -0.15) is 0 Å². The molecule has 0 saturated carbocycles. The van der Waals surface area contributed by atoms with Gasteiger partial charge in [-0.05, 0) is 19.4 Å². The third-order valence-electron chi connectivity index (χ3n) is 2.77. The van der Waals surface area contributed by atoms with Crippen molar-refractivity contribution >= 4 is 12.4 Å².